The Morgan fingerprint density at radius 1 is 0.960 bits per heavy atom. The Labute approximate surface area is 148 Å². The molecule has 0 aliphatic heterocycles. The van der Waals surface area contributed by atoms with Crippen molar-refractivity contribution in [3.05, 3.63) is 78.0 Å². The first-order chi connectivity index (χ1) is 12.0. The molecule has 0 spiro atoms. The van der Waals surface area contributed by atoms with Gasteiger partial charge in [0, 0.05) is 35.6 Å². The monoisotopic (exact) mass is 329 g/mol. The third kappa shape index (κ3) is 3.17. The minimum atomic E-state index is 0.0315. The second-order valence-corrected chi connectivity index (χ2v) is 7.83. The lowest BCUT2D eigenvalue weighted by atomic mass is 9.75. The molecule has 0 atom stereocenters. The van der Waals surface area contributed by atoms with Gasteiger partial charge in [0.25, 0.3) is 0 Å². The van der Waals surface area contributed by atoms with Crippen LogP contribution in [-0.2, 0) is 11.3 Å². The van der Waals surface area contributed by atoms with Crippen molar-refractivity contribution in [2.45, 2.75) is 33.2 Å². The van der Waals surface area contributed by atoms with Crippen molar-refractivity contribution in [2.75, 3.05) is 0 Å². The van der Waals surface area contributed by atoms with E-state index < -0.39 is 0 Å². The fraction of sp³-hybridized carbons (Fsp3) is 0.261. The summed E-state index contributed by atoms with van der Waals surface area (Å²) in [6, 6.07) is 19.0. The van der Waals surface area contributed by atoms with E-state index in [9.17, 15) is 4.79 Å². The van der Waals surface area contributed by atoms with Crippen molar-refractivity contribution in [3.63, 3.8) is 0 Å². The number of benzene rings is 2. The second-order valence-electron chi connectivity index (χ2n) is 7.83. The van der Waals surface area contributed by atoms with Crippen LogP contribution in [-0.4, -0.2) is 10.4 Å². The number of rotatable bonds is 3. The number of carbonyl (C=O) groups excluding carboxylic acids is 1. The van der Waals surface area contributed by atoms with Crippen molar-refractivity contribution in [2.24, 2.45) is 5.41 Å². The molecule has 4 rings (SSSR count). The molecule has 1 aromatic heterocycles. The molecule has 0 unspecified atom stereocenters. The van der Waals surface area contributed by atoms with Crippen molar-refractivity contribution in [1.29, 1.82) is 0 Å². The number of nitrogens with zero attached hydrogens (tertiary/aromatic N) is 1. The number of fused-ring (bicyclic) bond motifs is 1. The van der Waals surface area contributed by atoms with Crippen LogP contribution in [0.4, 0.5) is 0 Å². The summed E-state index contributed by atoms with van der Waals surface area (Å²) in [5.74, 6) is 0.242. The zero-order valence-electron chi connectivity index (χ0n) is 14.8. The van der Waals surface area contributed by atoms with Crippen molar-refractivity contribution in [1.82, 2.24) is 4.57 Å². The van der Waals surface area contributed by atoms with Gasteiger partial charge in [-0.25, -0.2) is 0 Å². The quantitative estimate of drug-likeness (QED) is 0.625. The Bertz CT molecular complexity index is 960. The Hall–Kier alpha value is -2.61. The van der Waals surface area contributed by atoms with Gasteiger partial charge in [0.1, 0.15) is 0 Å². The summed E-state index contributed by atoms with van der Waals surface area (Å²) < 4.78 is 2.30. The van der Waals surface area contributed by atoms with Crippen LogP contribution in [0.5, 0.6) is 0 Å². The van der Waals surface area contributed by atoms with E-state index in [-0.39, 0.29) is 11.2 Å². The van der Waals surface area contributed by atoms with Gasteiger partial charge in [-0.1, -0.05) is 62.4 Å². The van der Waals surface area contributed by atoms with Crippen molar-refractivity contribution < 1.29 is 4.79 Å². The molecule has 25 heavy (non-hydrogen) atoms. The van der Waals surface area contributed by atoms with Gasteiger partial charge in [-0.05, 0) is 35.1 Å². The number of ketones is 1. The molecule has 1 heterocycles. The summed E-state index contributed by atoms with van der Waals surface area (Å²) >= 11 is 0. The summed E-state index contributed by atoms with van der Waals surface area (Å²) in [7, 11) is 0. The van der Waals surface area contributed by atoms with Crippen LogP contribution < -0.4 is 0 Å². The zero-order valence-corrected chi connectivity index (χ0v) is 14.8. The molecule has 0 saturated heterocycles. The smallest absolute Gasteiger partial charge is 0.156 e. The molecule has 0 saturated carbocycles. The minimum absolute atomic E-state index is 0.0315. The highest BCUT2D eigenvalue weighted by Gasteiger charge is 2.29. The van der Waals surface area contributed by atoms with Gasteiger partial charge in [-0.2, -0.15) is 0 Å². The molecule has 0 fully saturated rings. The minimum Gasteiger partial charge on any atom is -0.342 e. The van der Waals surface area contributed by atoms with Gasteiger partial charge in [0.15, 0.2) is 5.78 Å². The lowest BCUT2D eigenvalue weighted by Gasteiger charge is -2.28. The predicted octanol–water partition coefficient (Wildman–Crippen LogP) is 5.46. The number of para-hydroxylation sites is 1. The zero-order chi connectivity index (χ0) is 17.4. The average Bonchev–Trinajstić information content (AvgIpc) is 2.93. The lowest BCUT2D eigenvalue weighted by molar-refractivity contribution is -0.116. The Kier molecular flexibility index (Phi) is 3.84. The molecule has 0 N–H and O–H groups in total. The normalized spacial score (nSPS) is 16.9. The number of hydrogen-bond acceptors (Lipinski definition) is 1. The van der Waals surface area contributed by atoms with Crippen LogP contribution >= 0.6 is 0 Å². The summed E-state index contributed by atoms with van der Waals surface area (Å²) in [6.07, 6.45) is 5.66. The third-order valence-corrected chi connectivity index (χ3v) is 4.99. The second kappa shape index (κ2) is 6.03. The van der Waals surface area contributed by atoms with Gasteiger partial charge in [0.05, 0.1) is 0 Å². The molecule has 2 nitrogen and oxygen atoms in total. The van der Waals surface area contributed by atoms with Crippen LogP contribution in [0, 0.1) is 5.41 Å². The van der Waals surface area contributed by atoms with Crippen LogP contribution in [0.3, 0.4) is 0 Å². The molecule has 2 heteroatoms. The Morgan fingerprint density at radius 2 is 1.68 bits per heavy atom. The van der Waals surface area contributed by atoms with Gasteiger partial charge >= 0.3 is 0 Å². The first kappa shape index (κ1) is 15.9. The maximum Gasteiger partial charge on any atom is 0.156 e. The van der Waals surface area contributed by atoms with E-state index in [1.54, 1.807) is 0 Å². The van der Waals surface area contributed by atoms with E-state index in [2.05, 4.69) is 73.1 Å². The fourth-order valence-corrected chi connectivity index (χ4v) is 3.93. The molecule has 0 radical (unpaired) electrons. The highest BCUT2D eigenvalue weighted by Crippen LogP contribution is 2.40. The Balaban J connectivity index is 1.82. The molecule has 2 aromatic carbocycles. The topological polar surface area (TPSA) is 22.0 Å². The van der Waals surface area contributed by atoms with Crippen molar-refractivity contribution >= 4 is 22.3 Å². The van der Waals surface area contributed by atoms with Gasteiger partial charge < -0.3 is 4.57 Å². The SMILES string of the molecule is CC1(C)CC(=O)C=C(c2cn(Cc3ccccc3)c3ccccc23)C1. The molecule has 0 bridgehead atoms. The molecule has 1 aliphatic rings. The number of hydrogen-bond donors (Lipinski definition) is 0. The molecular weight excluding hydrogens is 306 g/mol. The van der Waals surface area contributed by atoms with E-state index >= 15 is 0 Å². The number of carbonyl (C=O) groups is 1. The molecule has 126 valence electrons. The van der Waals surface area contributed by atoms with Crippen molar-refractivity contribution in [3.8, 4) is 0 Å². The molecular formula is C23H23NO. The van der Waals surface area contributed by atoms with Crippen LogP contribution in [0.2, 0.25) is 0 Å². The van der Waals surface area contributed by atoms with E-state index in [1.807, 2.05) is 12.1 Å². The van der Waals surface area contributed by atoms with E-state index in [0.717, 1.165) is 13.0 Å². The molecule has 0 amide bonds. The maximum atomic E-state index is 12.2. The summed E-state index contributed by atoms with van der Waals surface area (Å²) in [5.41, 5.74) is 4.91. The first-order valence-electron chi connectivity index (χ1n) is 8.87. The van der Waals surface area contributed by atoms with E-state index in [0.29, 0.717) is 6.42 Å². The predicted molar refractivity (Wildman–Crippen MR) is 103 cm³/mol. The maximum absolute atomic E-state index is 12.2. The van der Waals surface area contributed by atoms with Gasteiger partial charge in [-0.3, -0.25) is 4.79 Å². The largest absolute Gasteiger partial charge is 0.342 e. The summed E-state index contributed by atoms with van der Waals surface area (Å²) in [6.45, 7) is 5.20. The first-order valence-corrected chi connectivity index (χ1v) is 8.87. The van der Waals surface area contributed by atoms with E-state index in [1.165, 1.54) is 27.6 Å². The Morgan fingerprint density at radius 3 is 2.44 bits per heavy atom. The number of aromatic nitrogens is 1. The van der Waals surface area contributed by atoms with Crippen LogP contribution in [0.25, 0.3) is 16.5 Å². The van der Waals surface area contributed by atoms with Crippen LogP contribution in [0.15, 0.2) is 66.9 Å². The highest BCUT2D eigenvalue weighted by molar-refractivity contribution is 6.03. The summed E-state index contributed by atoms with van der Waals surface area (Å²) in [4.78, 5) is 12.2. The lowest BCUT2D eigenvalue weighted by Crippen LogP contribution is -2.21. The average molecular weight is 329 g/mol. The standard InChI is InChI=1S/C23H23NO/c1-23(2)13-18(12-19(25)14-23)21-16-24(15-17-8-4-3-5-9-17)22-11-7-6-10-20(21)22/h3-12,16H,13-15H2,1-2H3. The molecule has 1 aliphatic carbocycles. The third-order valence-electron chi connectivity index (χ3n) is 4.99. The molecule has 3 aromatic rings. The van der Waals surface area contributed by atoms with E-state index in [4.69, 9.17) is 0 Å². The fourth-order valence-electron chi connectivity index (χ4n) is 3.93. The van der Waals surface area contributed by atoms with Crippen LogP contribution in [0.1, 0.15) is 37.8 Å². The van der Waals surface area contributed by atoms with Gasteiger partial charge in [0.2, 0.25) is 0 Å². The summed E-state index contributed by atoms with van der Waals surface area (Å²) in [5, 5.41) is 1.23. The number of allylic oxidation sites excluding steroid dienone is 2. The van der Waals surface area contributed by atoms with Gasteiger partial charge in [-0.15, -0.1) is 0 Å². The highest BCUT2D eigenvalue weighted by atomic mass is 16.1.